The standard InChI is InChI=1S/C23H25N3O4/c1-17(2)13-25-21(28)22(29)26(23(25)30)16-20(27)24(14-18-9-5-3-6-10-18)15-19-11-7-4-8-12-19/h3-12,17H,13-16H2,1-2H3. The van der Waals surface area contributed by atoms with Gasteiger partial charge in [0.05, 0.1) is 0 Å². The smallest absolute Gasteiger partial charge is 0.332 e. The first-order valence-corrected chi connectivity index (χ1v) is 9.89. The molecule has 7 heteroatoms. The minimum atomic E-state index is -0.951. The van der Waals surface area contributed by atoms with Crippen molar-refractivity contribution in [3.63, 3.8) is 0 Å². The van der Waals surface area contributed by atoms with E-state index in [1.807, 2.05) is 74.5 Å². The summed E-state index contributed by atoms with van der Waals surface area (Å²) < 4.78 is 0. The van der Waals surface area contributed by atoms with Crippen molar-refractivity contribution in [2.75, 3.05) is 13.1 Å². The van der Waals surface area contributed by atoms with Gasteiger partial charge in [-0.3, -0.25) is 19.3 Å². The number of urea groups is 1. The lowest BCUT2D eigenvalue weighted by atomic mass is 10.1. The first-order chi connectivity index (χ1) is 14.4. The van der Waals surface area contributed by atoms with Crippen molar-refractivity contribution in [3.05, 3.63) is 71.8 Å². The molecule has 0 atom stereocenters. The number of amides is 5. The Hall–Kier alpha value is -3.48. The molecule has 0 spiro atoms. The van der Waals surface area contributed by atoms with Crippen LogP contribution in [0, 0.1) is 5.92 Å². The molecular weight excluding hydrogens is 382 g/mol. The van der Waals surface area contributed by atoms with Crippen LogP contribution in [-0.2, 0) is 27.5 Å². The molecule has 0 aliphatic carbocycles. The van der Waals surface area contributed by atoms with Gasteiger partial charge in [0.25, 0.3) is 0 Å². The van der Waals surface area contributed by atoms with Crippen LogP contribution in [0.2, 0.25) is 0 Å². The quantitative estimate of drug-likeness (QED) is 0.498. The maximum absolute atomic E-state index is 13.1. The summed E-state index contributed by atoms with van der Waals surface area (Å²) in [5.74, 6) is -2.20. The monoisotopic (exact) mass is 407 g/mol. The Balaban J connectivity index is 1.77. The van der Waals surface area contributed by atoms with Crippen LogP contribution in [-0.4, -0.2) is 51.5 Å². The van der Waals surface area contributed by atoms with Gasteiger partial charge in [0.1, 0.15) is 6.54 Å². The van der Waals surface area contributed by atoms with Gasteiger partial charge in [0, 0.05) is 19.6 Å². The van der Waals surface area contributed by atoms with E-state index in [4.69, 9.17) is 0 Å². The van der Waals surface area contributed by atoms with E-state index < -0.39 is 30.3 Å². The molecule has 3 rings (SSSR count). The van der Waals surface area contributed by atoms with Crippen LogP contribution in [0.15, 0.2) is 60.7 Å². The average Bonchev–Trinajstić information content (AvgIpc) is 2.92. The number of carbonyl (C=O) groups is 4. The molecule has 1 aliphatic heterocycles. The second kappa shape index (κ2) is 9.35. The molecule has 1 fully saturated rings. The zero-order chi connectivity index (χ0) is 21.7. The summed E-state index contributed by atoms with van der Waals surface area (Å²) in [5.41, 5.74) is 1.86. The van der Waals surface area contributed by atoms with E-state index in [-0.39, 0.29) is 12.5 Å². The Labute approximate surface area is 175 Å². The summed E-state index contributed by atoms with van der Waals surface area (Å²) in [7, 11) is 0. The minimum absolute atomic E-state index is 0.0222. The van der Waals surface area contributed by atoms with Gasteiger partial charge in [-0.05, 0) is 17.0 Å². The third-order valence-corrected chi connectivity index (χ3v) is 4.76. The average molecular weight is 407 g/mol. The molecule has 0 saturated carbocycles. The molecule has 7 nitrogen and oxygen atoms in total. The summed E-state index contributed by atoms with van der Waals surface area (Å²) in [6.07, 6.45) is 0. The zero-order valence-corrected chi connectivity index (χ0v) is 17.2. The number of benzene rings is 2. The number of rotatable bonds is 8. The maximum Gasteiger partial charge on any atom is 0.334 e. The van der Waals surface area contributed by atoms with Crippen LogP contribution < -0.4 is 0 Å². The second-order valence-electron chi connectivity index (χ2n) is 7.70. The topological polar surface area (TPSA) is 78.0 Å². The molecule has 30 heavy (non-hydrogen) atoms. The number of carbonyl (C=O) groups excluding carboxylic acids is 4. The van der Waals surface area contributed by atoms with E-state index in [2.05, 4.69) is 0 Å². The molecule has 0 radical (unpaired) electrons. The predicted octanol–water partition coefficient (Wildman–Crippen LogP) is 2.66. The molecular formula is C23H25N3O4. The Bertz CT molecular complexity index is 886. The number of nitrogens with zero attached hydrogens (tertiary/aromatic N) is 3. The molecule has 2 aromatic carbocycles. The second-order valence-corrected chi connectivity index (χ2v) is 7.70. The fourth-order valence-corrected chi connectivity index (χ4v) is 3.29. The Kier molecular flexibility index (Phi) is 6.61. The molecule has 1 heterocycles. The van der Waals surface area contributed by atoms with Gasteiger partial charge in [0.15, 0.2) is 0 Å². The van der Waals surface area contributed by atoms with E-state index in [1.165, 1.54) is 0 Å². The summed E-state index contributed by atoms with van der Waals surface area (Å²) in [6.45, 7) is 4.03. The highest BCUT2D eigenvalue weighted by atomic mass is 16.2. The molecule has 0 bridgehead atoms. The normalized spacial score (nSPS) is 14.0. The van der Waals surface area contributed by atoms with Crippen molar-refractivity contribution < 1.29 is 19.2 Å². The van der Waals surface area contributed by atoms with E-state index >= 15 is 0 Å². The van der Waals surface area contributed by atoms with Crippen molar-refractivity contribution in [3.8, 4) is 0 Å². The maximum atomic E-state index is 13.1. The number of hydrogen-bond acceptors (Lipinski definition) is 4. The van der Waals surface area contributed by atoms with Crippen LogP contribution >= 0.6 is 0 Å². The lowest BCUT2D eigenvalue weighted by molar-refractivity contribution is -0.145. The van der Waals surface area contributed by atoms with Gasteiger partial charge in [-0.1, -0.05) is 74.5 Å². The van der Waals surface area contributed by atoms with Gasteiger partial charge >= 0.3 is 17.8 Å². The number of hydrogen-bond donors (Lipinski definition) is 0. The highest BCUT2D eigenvalue weighted by Gasteiger charge is 2.45. The fraction of sp³-hybridized carbons (Fsp3) is 0.304. The molecule has 1 saturated heterocycles. The first kappa shape index (κ1) is 21.2. The number of imide groups is 2. The van der Waals surface area contributed by atoms with E-state index in [0.29, 0.717) is 13.1 Å². The van der Waals surface area contributed by atoms with Crippen molar-refractivity contribution in [2.45, 2.75) is 26.9 Å². The van der Waals surface area contributed by atoms with Crippen LogP contribution in [0.1, 0.15) is 25.0 Å². The van der Waals surface area contributed by atoms with Crippen LogP contribution in [0.25, 0.3) is 0 Å². The van der Waals surface area contributed by atoms with Crippen molar-refractivity contribution in [1.29, 1.82) is 0 Å². The molecule has 5 amide bonds. The molecule has 0 aromatic heterocycles. The van der Waals surface area contributed by atoms with Crippen molar-refractivity contribution in [2.24, 2.45) is 5.92 Å². The highest BCUT2D eigenvalue weighted by molar-refractivity contribution is 6.45. The molecule has 1 aliphatic rings. The molecule has 2 aromatic rings. The lowest BCUT2D eigenvalue weighted by Crippen LogP contribution is -2.43. The van der Waals surface area contributed by atoms with E-state index in [1.54, 1.807) is 4.90 Å². The SMILES string of the molecule is CC(C)CN1C(=O)C(=O)N(CC(=O)N(Cc2ccccc2)Cc2ccccc2)C1=O. The van der Waals surface area contributed by atoms with Gasteiger partial charge in [-0.2, -0.15) is 0 Å². The predicted molar refractivity (Wildman–Crippen MR) is 111 cm³/mol. The van der Waals surface area contributed by atoms with Crippen molar-refractivity contribution in [1.82, 2.24) is 14.7 Å². The van der Waals surface area contributed by atoms with Crippen LogP contribution in [0.5, 0.6) is 0 Å². The highest BCUT2D eigenvalue weighted by Crippen LogP contribution is 2.16. The fourth-order valence-electron chi connectivity index (χ4n) is 3.29. The van der Waals surface area contributed by atoms with Crippen LogP contribution in [0.3, 0.4) is 0 Å². The third-order valence-electron chi connectivity index (χ3n) is 4.76. The first-order valence-electron chi connectivity index (χ1n) is 9.89. The Morgan fingerprint density at radius 3 is 1.73 bits per heavy atom. The van der Waals surface area contributed by atoms with E-state index in [0.717, 1.165) is 20.9 Å². The molecule has 156 valence electrons. The third kappa shape index (κ3) is 4.92. The van der Waals surface area contributed by atoms with Crippen molar-refractivity contribution >= 4 is 23.8 Å². The Morgan fingerprint density at radius 1 is 0.800 bits per heavy atom. The minimum Gasteiger partial charge on any atom is -0.332 e. The molecule has 0 N–H and O–H groups in total. The summed E-state index contributed by atoms with van der Waals surface area (Å²) in [4.78, 5) is 53.4. The van der Waals surface area contributed by atoms with Crippen LogP contribution in [0.4, 0.5) is 4.79 Å². The summed E-state index contributed by atoms with van der Waals surface area (Å²) >= 11 is 0. The lowest BCUT2D eigenvalue weighted by Gasteiger charge is -2.25. The van der Waals surface area contributed by atoms with Gasteiger partial charge in [-0.15, -0.1) is 0 Å². The Morgan fingerprint density at radius 2 is 1.27 bits per heavy atom. The van der Waals surface area contributed by atoms with Gasteiger partial charge in [0.2, 0.25) is 5.91 Å². The van der Waals surface area contributed by atoms with Gasteiger partial charge in [-0.25, -0.2) is 9.69 Å². The summed E-state index contributed by atoms with van der Waals surface area (Å²) in [5, 5.41) is 0. The summed E-state index contributed by atoms with van der Waals surface area (Å²) in [6, 6.07) is 18.2. The molecule has 0 unspecified atom stereocenters. The largest absolute Gasteiger partial charge is 0.334 e. The van der Waals surface area contributed by atoms with Gasteiger partial charge < -0.3 is 4.90 Å². The zero-order valence-electron chi connectivity index (χ0n) is 17.2. The van der Waals surface area contributed by atoms with E-state index in [9.17, 15) is 19.2 Å².